The van der Waals surface area contributed by atoms with Crippen molar-refractivity contribution in [3.05, 3.63) is 50.6 Å². The maximum absolute atomic E-state index is 12.4. The van der Waals surface area contributed by atoms with Gasteiger partial charge in [0.15, 0.2) is 5.82 Å². The molecule has 1 saturated heterocycles. The largest absolute Gasteiger partial charge is 0.293 e. The van der Waals surface area contributed by atoms with E-state index in [1.165, 1.54) is 27.6 Å². The zero-order chi connectivity index (χ0) is 16.5. The fourth-order valence-electron chi connectivity index (χ4n) is 2.17. The second kappa shape index (κ2) is 6.34. The van der Waals surface area contributed by atoms with Gasteiger partial charge in [0.2, 0.25) is 0 Å². The molecule has 1 aliphatic rings. The van der Waals surface area contributed by atoms with Crippen LogP contribution in [0.25, 0.3) is 16.8 Å². The van der Waals surface area contributed by atoms with Crippen LogP contribution in [0.2, 0.25) is 0 Å². The fraction of sp³-hybridized carbons (Fsp3) is 0.0667. The number of hydrogen-bond donors (Lipinski definition) is 1. The first-order valence-corrected chi connectivity index (χ1v) is 9.52. The highest BCUT2D eigenvalue weighted by Crippen LogP contribution is 2.33. The average Bonchev–Trinajstić information content (AvgIpc) is 3.33. The van der Waals surface area contributed by atoms with Gasteiger partial charge in [-0.1, -0.05) is 12.1 Å². The zero-order valence-corrected chi connectivity index (χ0v) is 14.6. The van der Waals surface area contributed by atoms with Crippen molar-refractivity contribution < 1.29 is 9.59 Å². The van der Waals surface area contributed by atoms with E-state index < -0.39 is 0 Å². The van der Waals surface area contributed by atoms with Crippen molar-refractivity contribution in [2.75, 3.05) is 0 Å². The smallest absolute Gasteiger partial charge is 0.268 e. The molecule has 2 amide bonds. The number of imide groups is 1. The van der Waals surface area contributed by atoms with E-state index in [0.717, 1.165) is 21.5 Å². The number of carbonyl (C=O) groups is 2. The van der Waals surface area contributed by atoms with Gasteiger partial charge in [0, 0.05) is 4.88 Å². The maximum Gasteiger partial charge on any atom is 0.293 e. The number of aromatic amines is 1. The molecule has 6 nitrogen and oxygen atoms in total. The van der Waals surface area contributed by atoms with Gasteiger partial charge in [-0.15, -0.1) is 22.7 Å². The molecule has 4 heterocycles. The van der Waals surface area contributed by atoms with Gasteiger partial charge in [-0.3, -0.25) is 19.6 Å². The first kappa shape index (κ1) is 15.3. The Kier molecular flexibility index (Phi) is 4.05. The Morgan fingerprint density at radius 2 is 2.00 bits per heavy atom. The number of H-pyrrole nitrogens is 1. The van der Waals surface area contributed by atoms with Crippen molar-refractivity contribution >= 4 is 51.7 Å². The van der Waals surface area contributed by atoms with Crippen LogP contribution in [0.15, 0.2) is 39.9 Å². The third kappa shape index (κ3) is 2.93. The zero-order valence-electron chi connectivity index (χ0n) is 12.1. The highest BCUT2D eigenvalue weighted by molar-refractivity contribution is 8.18. The number of aromatic nitrogens is 3. The minimum Gasteiger partial charge on any atom is -0.268 e. The lowest BCUT2D eigenvalue weighted by Gasteiger charge is -2.09. The summed E-state index contributed by atoms with van der Waals surface area (Å²) in [7, 11) is 0. The van der Waals surface area contributed by atoms with Gasteiger partial charge >= 0.3 is 0 Å². The van der Waals surface area contributed by atoms with Gasteiger partial charge in [-0.2, -0.15) is 5.10 Å². The Labute approximate surface area is 149 Å². The van der Waals surface area contributed by atoms with Crippen LogP contribution in [-0.4, -0.2) is 31.2 Å². The normalized spacial score (nSPS) is 16.5. The van der Waals surface area contributed by atoms with E-state index in [4.69, 9.17) is 0 Å². The van der Waals surface area contributed by atoms with Gasteiger partial charge in [0.1, 0.15) is 5.82 Å². The molecule has 1 aliphatic heterocycles. The van der Waals surface area contributed by atoms with E-state index in [0.29, 0.717) is 16.6 Å². The van der Waals surface area contributed by atoms with Crippen molar-refractivity contribution in [1.29, 1.82) is 0 Å². The second-order valence-electron chi connectivity index (χ2n) is 4.87. The lowest BCUT2D eigenvalue weighted by molar-refractivity contribution is -0.123. The van der Waals surface area contributed by atoms with E-state index in [9.17, 15) is 9.59 Å². The summed E-state index contributed by atoms with van der Waals surface area (Å²) in [5.74, 6) is 0.756. The number of nitrogens with one attached hydrogen (secondary N) is 1. The summed E-state index contributed by atoms with van der Waals surface area (Å²) in [6.07, 6.45) is 1.74. The molecule has 9 heteroatoms. The molecule has 24 heavy (non-hydrogen) atoms. The number of nitrogens with zero attached hydrogens (tertiary/aromatic N) is 3. The molecule has 1 fully saturated rings. The molecule has 0 atom stereocenters. The molecule has 0 aromatic carbocycles. The van der Waals surface area contributed by atoms with E-state index in [2.05, 4.69) is 15.2 Å². The monoisotopic (exact) mass is 374 g/mol. The highest BCUT2D eigenvalue weighted by atomic mass is 32.2. The van der Waals surface area contributed by atoms with Crippen LogP contribution in [0.5, 0.6) is 0 Å². The first-order chi connectivity index (χ1) is 11.7. The van der Waals surface area contributed by atoms with Crippen LogP contribution in [0.3, 0.4) is 0 Å². The van der Waals surface area contributed by atoms with Crippen LogP contribution in [-0.2, 0) is 11.3 Å². The van der Waals surface area contributed by atoms with Crippen molar-refractivity contribution in [3.63, 3.8) is 0 Å². The molecule has 0 spiro atoms. The molecule has 120 valence electrons. The third-order valence-electron chi connectivity index (χ3n) is 3.27. The highest BCUT2D eigenvalue weighted by Gasteiger charge is 2.35. The summed E-state index contributed by atoms with van der Waals surface area (Å²) in [4.78, 5) is 32.4. The SMILES string of the molecule is O=C1S/C(=C/c2cccs2)C(=O)N1Cc1nc(-c2cccs2)n[nH]1. The lowest BCUT2D eigenvalue weighted by atomic mass is 10.3. The minimum atomic E-state index is -0.299. The van der Waals surface area contributed by atoms with Crippen molar-refractivity contribution in [1.82, 2.24) is 20.1 Å². The van der Waals surface area contributed by atoms with Gasteiger partial charge < -0.3 is 0 Å². The molecular formula is C15H10N4O2S3. The van der Waals surface area contributed by atoms with Gasteiger partial charge in [0.05, 0.1) is 16.3 Å². The molecule has 3 aromatic heterocycles. The molecule has 3 aromatic rings. The Morgan fingerprint density at radius 1 is 1.17 bits per heavy atom. The first-order valence-electron chi connectivity index (χ1n) is 6.95. The molecule has 0 saturated carbocycles. The van der Waals surface area contributed by atoms with Gasteiger partial charge in [-0.05, 0) is 40.7 Å². The maximum atomic E-state index is 12.4. The predicted octanol–water partition coefficient (Wildman–Crippen LogP) is 3.83. The van der Waals surface area contributed by atoms with Gasteiger partial charge in [-0.25, -0.2) is 4.98 Å². The fourth-order valence-corrected chi connectivity index (χ4v) is 4.39. The number of hydrogen-bond acceptors (Lipinski definition) is 7. The Bertz CT molecular complexity index is 913. The number of thiophene rings is 2. The topological polar surface area (TPSA) is 79.0 Å². The number of thioether (sulfide) groups is 1. The van der Waals surface area contributed by atoms with E-state index in [-0.39, 0.29) is 17.7 Å². The molecule has 0 aliphatic carbocycles. The second-order valence-corrected chi connectivity index (χ2v) is 7.79. The van der Waals surface area contributed by atoms with Crippen LogP contribution in [0.1, 0.15) is 10.7 Å². The summed E-state index contributed by atoms with van der Waals surface area (Å²) < 4.78 is 0. The third-order valence-corrected chi connectivity index (χ3v) is 5.86. The van der Waals surface area contributed by atoms with Crippen LogP contribution in [0.4, 0.5) is 4.79 Å². The van der Waals surface area contributed by atoms with Crippen LogP contribution < -0.4 is 0 Å². The van der Waals surface area contributed by atoms with E-state index in [1.54, 1.807) is 6.08 Å². The molecule has 4 rings (SSSR count). The Hall–Kier alpha value is -2.23. The number of carbonyl (C=O) groups excluding carboxylic acids is 2. The molecule has 1 N–H and O–H groups in total. The average molecular weight is 374 g/mol. The Balaban J connectivity index is 1.52. The number of rotatable bonds is 4. The molecule has 0 bridgehead atoms. The van der Waals surface area contributed by atoms with E-state index >= 15 is 0 Å². The molecule has 0 unspecified atom stereocenters. The van der Waals surface area contributed by atoms with Crippen LogP contribution >= 0.6 is 34.4 Å². The summed E-state index contributed by atoms with van der Waals surface area (Å²) in [5, 5.41) is 10.5. The van der Waals surface area contributed by atoms with Crippen molar-refractivity contribution in [2.24, 2.45) is 0 Å². The van der Waals surface area contributed by atoms with Crippen LogP contribution in [0, 0.1) is 0 Å². The summed E-state index contributed by atoms with van der Waals surface area (Å²) in [6.45, 7) is 0.0881. The van der Waals surface area contributed by atoms with Crippen molar-refractivity contribution in [3.8, 4) is 10.7 Å². The molecular weight excluding hydrogens is 364 g/mol. The minimum absolute atomic E-state index is 0.0881. The predicted molar refractivity (Wildman–Crippen MR) is 95.5 cm³/mol. The quantitative estimate of drug-likeness (QED) is 0.702. The molecule has 0 radical (unpaired) electrons. The standard InChI is InChI=1S/C15H10N4O2S3/c20-14-11(7-9-3-1-5-22-9)24-15(21)19(14)8-12-16-13(18-17-12)10-4-2-6-23-10/h1-7H,8H2,(H,16,17,18)/b11-7+. The lowest BCUT2D eigenvalue weighted by Crippen LogP contribution is -2.28. The van der Waals surface area contributed by atoms with E-state index in [1.807, 2.05) is 35.0 Å². The summed E-state index contributed by atoms with van der Waals surface area (Å²) in [6, 6.07) is 7.65. The summed E-state index contributed by atoms with van der Waals surface area (Å²) >= 11 is 4.00. The Morgan fingerprint density at radius 3 is 2.75 bits per heavy atom. The summed E-state index contributed by atoms with van der Waals surface area (Å²) in [5.41, 5.74) is 0. The van der Waals surface area contributed by atoms with Gasteiger partial charge in [0.25, 0.3) is 11.1 Å². The van der Waals surface area contributed by atoms with Crippen molar-refractivity contribution in [2.45, 2.75) is 6.54 Å². The number of amides is 2.